The maximum atomic E-state index is 13.3. The molecule has 1 aromatic heterocycles. The molecule has 2 aliphatic heterocycles. The third-order valence-electron chi connectivity index (χ3n) is 7.36. The summed E-state index contributed by atoms with van der Waals surface area (Å²) < 4.78 is 18.6. The Bertz CT molecular complexity index is 1280. The molecule has 0 bridgehead atoms. The number of ether oxygens (including phenoxy) is 3. The van der Waals surface area contributed by atoms with Gasteiger partial charge in [0.15, 0.2) is 5.78 Å². The van der Waals surface area contributed by atoms with Gasteiger partial charge in [-0.15, -0.1) is 0 Å². The number of hydrogen-bond donors (Lipinski definition) is 0. The predicted octanol–water partition coefficient (Wildman–Crippen LogP) is 5.77. The van der Waals surface area contributed by atoms with Crippen LogP contribution in [0, 0.1) is 0 Å². The molecule has 3 aliphatic rings. The van der Waals surface area contributed by atoms with Crippen molar-refractivity contribution >= 4 is 11.8 Å². The number of ketones is 1. The van der Waals surface area contributed by atoms with Crippen molar-refractivity contribution in [3.8, 4) is 17.2 Å². The Hall–Kier alpha value is -3.67. The van der Waals surface area contributed by atoms with Crippen LogP contribution >= 0.6 is 0 Å². The molecule has 1 spiro atoms. The first-order valence-corrected chi connectivity index (χ1v) is 12.3. The van der Waals surface area contributed by atoms with E-state index in [1.165, 1.54) is 6.42 Å². The van der Waals surface area contributed by atoms with Gasteiger partial charge in [-0.25, -0.2) is 0 Å². The second-order valence-electron chi connectivity index (χ2n) is 9.68. The van der Waals surface area contributed by atoms with Gasteiger partial charge in [0.2, 0.25) is 0 Å². The predicted molar refractivity (Wildman–Crippen MR) is 129 cm³/mol. The molecule has 0 amide bonds. The van der Waals surface area contributed by atoms with Gasteiger partial charge in [-0.05, 0) is 56.0 Å². The lowest BCUT2D eigenvalue weighted by atomic mass is 9.76. The smallest absolute Gasteiger partial charge is 0.312 e. The first-order valence-electron chi connectivity index (χ1n) is 12.3. The molecule has 6 nitrogen and oxygen atoms in total. The van der Waals surface area contributed by atoms with E-state index < -0.39 is 5.60 Å². The van der Waals surface area contributed by atoms with Gasteiger partial charge in [-0.2, -0.15) is 0 Å². The fourth-order valence-corrected chi connectivity index (χ4v) is 5.68. The van der Waals surface area contributed by atoms with E-state index in [1.54, 1.807) is 18.3 Å². The van der Waals surface area contributed by atoms with Gasteiger partial charge in [-0.1, -0.05) is 30.7 Å². The van der Waals surface area contributed by atoms with Gasteiger partial charge in [0.05, 0.1) is 24.1 Å². The number of nitrogens with zero attached hydrogens (tertiary/aromatic N) is 1. The van der Waals surface area contributed by atoms with Crippen LogP contribution in [-0.2, 0) is 11.4 Å². The number of rotatable bonds is 4. The molecule has 0 radical (unpaired) electrons. The fraction of sp³-hybridized carbons (Fsp3) is 0.345. The lowest BCUT2D eigenvalue weighted by molar-refractivity contribution is -0.135. The third kappa shape index (κ3) is 4.07. The lowest BCUT2D eigenvalue weighted by Gasteiger charge is -2.42. The normalized spacial score (nSPS) is 20.4. The molecule has 1 fully saturated rings. The van der Waals surface area contributed by atoms with Crippen molar-refractivity contribution in [3.05, 3.63) is 83.2 Å². The molecule has 6 heteroatoms. The maximum absolute atomic E-state index is 13.3. The number of Topliss-reactive ketones (excluding diaryl/α,β-unsaturated/α-hetero) is 1. The van der Waals surface area contributed by atoms with Crippen molar-refractivity contribution < 1.29 is 23.8 Å². The van der Waals surface area contributed by atoms with E-state index >= 15 is 0 Å². The Morgan fingerprint density at radius 2 is 1.80 bits per heavy atom. The summed E-state index contributed by atoms with van der Waals surface area (Å²) in [5, 5.41) is 0. The number of benzene rings is 2. The maximum Gasteiger partial charge on any atom is 0.312 e. The van der Waals surface area contributed by atoms with Crippen LogP contribution < -0.4 is 14.2 Å². The van der Waals surface area contributed by atoms with Crippen LogP contribution in [0.4, 0.5) is 0 Å². The van der Waals surface area contributed by atoms with Crippen LogP contribution in [0.2, 0.25) is 0 Å². The molecule has 6 rings (SSSR count). The highest BCUT2D eigenvalue weighted by atomic mass is 16.5. The molecule has 3 aromatic rings. The molecule has 1 saturated carbocycles. The van der Waals surface area contributed by atoms with Crippen LogP contribution in [-0.4, -0.2) is 22.3 Å². The molecule has 178 valence electrons. The Kier molecular flexibility index (Phi) is 5.51. The second kappa shape index (κ2) is 8.84. The summed E-state index contributed by atoms with van der Waals surface area (Å²) in [5.74, 6) is 1.18. The number of aromatic nitrogens is 1. The first kappa shape index (κ1) is 21.8. The fourth-order valence-electron chi connectivity index (χ4n) is 5.68. The zero-order chi connectivity index (χ0) is 23.8. The van der Waals surface area contributed by atoms with Crippen molar-refractivity contribution in [1.82, 2.24) is 4.98 Å². The Morgan fingerprint density at radius 1 is 0.971 bits per heavy atom. The molecule has 1 unspecified atom stereocenters. The monoisotopic (exact) mass is 469 g/mol. The number of esters is 1. The first-order chi connectivity index (χ1) is 17.1. The van der Waals surface area contributed by atoms with Gasteiger partial charge in [0.25, 0.3) is 0 Å². The van der Waals surface area contributed by atoms with Crippen LogP contribution in [0.3, 0.4) is 0 Å². The molecule has 3 heterocycles. The van der Waals surface area contributed by atoms with Gasteiger partial charge < -0.3 is 14.2 Å². The minimum Gasteiger partial charge on any atom is -0.487 e. The van der Waals surface area contributed by atoms with E-state index in [0.717, 1.165) is 42.5 Å². The number of carbonyl (C=O) groups is 2. The summed E-state index contributed by atoms with van der Waals surface area (Å²) in [7, 11) is 0. The highest BCUT2D eigenvalue weighted by Gasteiger charge is 2.45. The summed E-state index contributed by atoms with van der Waals surface area (Å²) in [4.78, 5) is 30.2. The van der Waals surface area contributed by atoms with Gasteiger partial charge in [-0.3, -0.25) is 14.6 Å². The number of pyridine rings is 1. The van der Waals surface area contributed by atoms with Crippen molar-refractivity contribution in [1.29, 1.82) is 0 Å². The molecule has 1 aliphatic carbocycles. The minimum absolute atomic E-state index is 0.103. The Balaban J connectivity index is 1.42. The Labute approximate surface area is 204 Å². The van der Waals surface area contributed by atoms with Gasteiger partial charge >= 0.3 is 5.97 Å². The molecule has 2 aromatic carbocycles. The molecule has 0 N–H and O–H groups in total. The average Bonchev–Trinajstić information content (AvgIpc) is 2.88. The highest BCUT2D eigenvalue weighted by molar-refractivity contribution is 6.01. The molecule has 1 atom stereocenters. The van der Waals surface area contributed by atoms with Crippen LogP contribution in [0.5, 0.6) is 17.2 Å². The number of para-hydroxylation sites is 1. The zero-order valence-electron chi connectivity index (χ0n) is 19.5. The van der Waals surface area contributed by atoms with Gasteiger partial charge in [0, 0.05) is 23.2 Å². The minimum atomic E-state index is -0.460. The highest BCUT2D eigenvalue weighted by Crippen LogP contribution is 2.52. The summed E-state index contributed by atoms with van der Waals surface area (Å²) >= 11 is 0. The summed E-state index contributed by atoms with van der Waals surface area (Å²) in [5.41, 5.74) is 2.58. The molecular weight excluding hydrogens is 442 g/mol. The quantitative estimate of drug-likeness (QED) is 0.357. The second-order valence-corrected chi connectivity index (χ2v) is 9.68. The van der Waals surface area contributed by atoms with E-state index in [4.69, 9.17) is 14.2 Å². The van der Waals surface area contributed by atoms with Crippen LogP contribution in [0.1, 0.15) is 78.0 Å². The van der Waals surface area contributed by atoms with E-state index in [9.17, 15) is 9.59 Å². The summed E-state index contributed by atoms with van der Waals surface area (Å²) in [6.45, 7) is 0.312. The summed E-state index contributed by atoms with van der Waals surface area (Å²) in [6.07, 6.45) is 7.32. The van der Waals surface area contributed by atoms with Crippen molar-refractivity contribution in [3.63, 3.8) is 0 Å². The van der Waals surface area contributed by atoms with Gasteiger partial charge in [0.1, 0.15) is 29.5 Å². The van der Waals surface area contributed by atoms with E-state index in [1.807, 2.05) is 42.5 Å². The largest absolute Gasteiger partial charge is 0.487 e. The van der Waals surface area contributed by atoms with Crippen molar-refractivity contribution in [2.24, 2.45) is 0 Å². The number of fused-ring (bicyclic) bond motifs is 3. The number of hydrogen-bond acceptors (Lipinski definition) is 6. The van der Waals surface area contributed by atoms with E-state index in [0.29, 0.717) is 35.8 Å². The van der Waals surface area contributed by atoms with Crippen LogP contribution in [0.15, 0.2) is 60.8 Å². The molecule has 35 heavy (non-hydrogen) atoms. The molecular formula is C29H27NO5. The van der Waals surface area contributed by atoms with E-state index in [2.05, 4.69) is 4.98 Å². The zero-order valence-corrected chi connectivity index (χ0v) is 19.5. The van der Waals surface area contributed by atoms with E-state index in [-0.39, 0.29) is 24.1 Å². The molecule has 0 saturated heterocycles. The van der Waals surface area contributed by atoms with Crippen LogP contribution in [0.25, 0.3) is 0 Å². The Morgan fingerprint density at radius 3 is 2.63 bits per heavy atom. The number of carbonyl (C=O) groups excluding carboxylic acids is 2. The van der Waals surface area contributed by atoms with Crippen molar-refractivity contribution in [2.75, 3.05) is 0 Å². The SMILES string of the molecule is O=C1CC(c2ccccc2OCc2ccccn2)c2c(ccc3c2OC2(CCCCC2)CC3=O)O1. The average molecular weight is 470 g/mol. The third-order valence-corrected chi connectivity index (χ3v) is 7.36. The topological polar surface area (TPSA) is 74.7 Å². The summed E-state index contributed by atoms with van der Waals surface area (Å²) in [6, 6.07) is 16.9. The van der Waals surface area contributed by atoms with Crippen molar-refractivity contribution in [2.45, 2.75) is 63.1 Å². The standard InChI is InChI=1S/C29H27NO5/c31-23-17-29(13-5-1-6-14-29)35-28-21(23)11-12-25-27(28)22(16-26(32)34-25)20-9-2-3-10-24(20)33-18-19-8-4-7-15-30-19/h2-4,7-12,15,22H,1,5-6,13-14,16-18H2. The lowest BCUT2D eigenvalue weighted by Crippen LogP contribution is -2.44.